The first-order valence-electron chi connectivity index (χ1n) is 8.25. The van der Waals surface area contributed by atoms with Gasteiger partial charge >= 0.3 is 0 Å². The average molecular weight is 342 g/mol. The Balaban J connectivity index is 1.57. The second-order valence-corrected chi connectivity index (χ2v) is 6.84. The highest BCUT2D eigenvalue weighted by atomic mass is 32.2. The molecule has 0 aliphatic carbocycles. The Bertz CT molecular complexity index is 657. The van der Waals surface area contributed by atoms with Crippen molar-refractivity contribution in [2.24, 2.45) is 0 Å². The normalized spacial score (nSPS) is 15.2. The van der Waals surface area contributed by atoms with Gasteiger partial charge in [-0.3, -0.25) is 4.79 Å². The van der Waals surface area contributed by atoms with Crippen LogP contribution in [-0.4, -0.2) is 31.7 Å². The number of nitrogens with one attached hydrogen (secondary N) is 2. The fraction of sp³-hybridized carbons (Fsp3) is 0.316. The van der Waals surface area contributed by atoms with Crippen LogP contribution in [0.25, 0.3) is 0 Å². The van der Waals surface area contributed by atoms with Crippen LogP contribution in [0.4, 0.5) is 5.69 Å². The zero-order valence-corrected chi connectivity index (χ0v) is 14.4. The first-order chi connectivity index (χ1) is 11.8. The molecule has 0 spiro atoms. The minimum Gasteiger partial charge on any atom is -0.368 e. The lowest BCUT2D eigenvalue weighted by atomic mass is 10.1. The summed E-state index contributed by atoms with van der Waals surface area (Å²) in [7, 11) is 0. The summed E-state index contributed by atoms with van der Waals surface area (Å²) in [6.45, 7) is 2.03. The topological polar surface area (TPSA) is 50.4 Å². The minimum absolute atomic E-state index is 0.102. The van der Waals surface area contributed by atoms with E-state index in [2.05, 4.69) is 22.8 Å². The lowest BCUT2D eigenvalue weighted by Crippen LogP contribution is -2.34. The molecule has 2 N–H and O–H groups in total. The number of hydrogen-bond acceptors (Lipinski definition) is 4. The molecule has 1 saturated heterocycles. The van der Waals surface area contributed by atoms with E-state index >= 15 is 0 Å². The predicted molar refractivity (Wildman–Crippen MR) is 97.5 cm³/mol. The molecule has 1 fully saturated rings. The lowest BCUT2D eigenvalue weighted by molar-refractivity contribution is -0.123. The molecular formula is C19H22N2O2S. The van der Waals surface area contributed by atoms with Gasteiger partial charge in [0.1, 0.15) is 6.61 Å². The Morgan fingerprint density at radius 1 is 1.08 bits per heavy atom. The van der Waals surface area contributed by atoms with Crippen LogP contribution < -0.4 is 10.6 Å². The van der Waals surface area contributed by atoms with Crippen LogP contribution >= 0.6 is 11.8 Å². The number of carbonyl (C=O) groups excluding carboxylic acids is 1. The van der Waals surface area contributed by atoms with Crippen LogP contribution in [0.2, 0.25) is 0 Å². The number of benzene rings is 2. The van der Waals surface area contributed by atoms with Crippen LogP contribution in [0, 0.1) is 0 Å². The van der Waals surface area contributed by atoms with Gasteiger partial charge in [-0.05, 0) is 50.2 Å². The van der Waals surface area contributed by atoms with E-state index < -0.39 is 0 Å². The highest BCUT2D eigenvalue weighted by Gasteiger charge is 2.15. The Hall–Kier alpha value is -1.82. The van der Waals surface area contributed by atoms with E-state index in [1.54, 1.807) is 11.8 Å². The van der Waals surface area contributed by atoms with Crippen molar-refractivity contribution in [2.45, 2.75) is 28.7 Å². The van der Waals surface area contributed by atoms with Crippen molar-refractivity contribution in [1.29, 1.82) is 0 Å². The second-order valence-electron chi connectivity index (χ2n) is 5.72. The first-order valence-corrected chi connectivity index (χ1v) is 9.07. The molecule has 1 aliphatic rings. The summed E-state index contributed by atoms with van der Waals surface area (Å²) in [5.74, 6) is -0.102. The van der Waals surface area contributed by atoms with Crippen LogP contribution in [0.3, 0.4) is 0 Å². The average Bonchev–Trinajstić information content (AvgIpc) is 2.63. The number of ether oxygens (including phenoxy) is 1. The summed E-state index contributed by atoms with van der Waals surface area (Å²) < 4.78 is 5.72. The van der Waals surface area contributed by atoms with Gasteiger partial charge in [-0.25, -0.2) is 0 Å². The van der Waals surface area contributed by atoms with E-state index in [-0.39, 0.29) is 18.6 Å². The molecule has 0 unspecified atom stereocenters. The van der Waals surface area contributed by atoms with Crippen LogP contribution in [0.1, 0.15) is 12.8 Å². The summed E-state index contributed by atoms with van der Waals surface area (Å²) in [6, 6.07) is 18.0. The zero-order chi connectivity index (χ0) is 16.6. The molecule has 24 heavy (non-hydrogen) atoms. The van der Waals surface area contributed by atoms with Crippen LogP contribution in [-0.2, 0) is 9.53 Å². The molecule has 0 saturated carbocycles. The lowest BCUT2D eigenvalue weighted by Gasteiger charge is -2.22. The first kappa shape index (κ1) is 17.0. The Morgan fingerprint density at radius 3 is 2.58 bits per heavy atom. The Morgan fingerprint density at radius 2 is 1.79 bits per heavy atom. The van der Waals surface area contributed by atoms with Crippen molar-refractivity contribution in [3.05, 3.63) is 54.6 Å². The molecule has 3 rings (SSSR count). The molecule has 0 atom stereocenters. The molecule has 4 nitrogen and oxygen atoms in total. The highest BCUT2D eigenvalue weighted by molar-refractivity contribution is 7.99. The van der Waals surface area contributed by atoms with Crippen molar-refractivity contribution in [3.63, 3.8) is 0 Å². The Labute approximate surface area is 147 Å². The third-order valence-corrected chi connectivity index (χ3v) is 4.95. The third-order valence-electron chi connectivity index (χ3n) is 3.87. The molecule has 126 valence electrons. The number of carbonyl (C=O) groups is 1. The molecule has 1 heterocycles. The van der Waals surface area contributed by atoms with Crippen molar-refractivity contribution in [1.82, 2.24) is 5.32 Å². The van der Waals surface area contributed by atoms with Crippen LogP contribution in [0.5, 0.6) is 0 Å². The molecule has 0 aromatic heterocycles. The number of hydrogen-bond donors (Lipinski definition) is 2. The fourth-order valence-corrected chi connectivity index (χ4v) is 3.54. The van der Waals surface area contributed by atoms with Crippen molar-refractivity contribution < 1.29 is 9.53 Å². The van der Waals surface area contributed by atoms with E-state index in [1.165, 1.54) is 0 Å². The zero-order valence-electron chi connectivity index (χ0n) is 13.5. The maximum absolute atomic E-state index is 12.2. The van der Waals surface area contributed by atoms with Gasteiger partial charge in [0.05, 0.1) is 11.8 Å². The highest BCUT2D eigenvalue weighted by Crippen LogP contribution is 2.33. The maximum Gasteiger partial charge on any atom is 0.250 e. The van der Waals surface area contributed by atoms with Gasteiger partial charge in [0, 0.05) is 9.79 Å². The standard InChI is InChI=1S/C19H22N2O2S/c22-19(14-23-15-10-12-20-13-11-15)21-17-8-4-5-9-18(17)24-16-6-2-1-3-7-16/h1-9,15,20H,10-14H2,(H,21,22). The second kappa shape index (κ2) is 8.87. The summed E-state index contributed by atoms with van der Waals surface area (Å²) in [5.41, 5.74) is 0.824. The van der Waals surface area contributed by atoms with Gasteiger partial charge in [-0.15, -0.1) is 0 Å². The van der Waals surface area contributed by atoms with Gasteiger partial charge in [-0.2, -0.15) is 0 Å². The molecule has 0 bridgehead atoms. The smallest absolute Gasteiger partial charge is 0.250 e. The van der Waals surface area contributed by atoms with Crippen molar-refractivity contribution in [3.8, 4) is 0 Å². The molecule has 1 amide bonds. The van der Waals surface area contributed by atoms with Gasteiger partial charge in [0.2, 0.25) is 5.91 Å². The molecular weight excluding hydrogens is 320 g/mol. The molecule has 1 aliphatic heterocycles. The van der Waals surface area contributed by atoms with Crippen LogP contribution in [0.15, 0.2) is 64.4 Å². The number of anilines is 1. The molecule has 5 heteroatoms. The predicted octanol–water partition coefficient (Wildman–Crippen LogP) is 3.54. The summed E-state index contributed by atoms with van der Waals surface area (Å²) in [6.07, 6.45) is 2.12. The quantitative estimate of drug-likeness (QED) is 0.843. The SMILES string of the molecule is O=C(COC1CCNCC1)Nc1ccccc1Sc1ccccc1. The summed E-state index contributed by atoms with van der Waals surface area (Å²) in [5, 5.41) is 6.26. The van der Waals surface area contributed by atoms with E-state index in [9.17, 15) is 4.79 Å². The van der Waals surface area contributed by atoms with Gasteiger partial charge in [0.25, 0.3) is 0 Å². The van der Waals surface area contributed by atoms with Crippen molar-refractivity contribution in [2.75, 3.05) is 25.0 Å². The third kappa shape index (κ3) is 5.09. The molecule has 2 aromatic rings. The van der Waals surface area contributed by atoms with E-state index in [0.29, 0.717) is 0 Å². The van der Waals surface area contributed by atoms with Crippen molar-refractivity contribution >= 4 is 23.4 Å². The Kier molecular flexibility index (Phi) is 6.29. The fourth-order valence-electron chi connectivity index (χ4n) is 2.62. The summed E-state index contributed by atoms with van der Waals surface area (Å²) in [4.78, 5) is 14.4. The summed E-state index contributed by atoms with van der Waals surface area (Å²) >= 11 is 1.64. The van der Waals surface area contributed by atoms with Gasteiger partial charge in [-0.1, -0.05) is 42.1 Å². The number of amides is 1. The maximum atomic E-state index is 12.2. The van der Waals surface area contributed by atoms with E-state index in [1.807, 2.05) is 42.5 Å². The molecule has 0 radical (unpaired) electrons. The number of rotatable bonds is 6. The minimum atomic E-state index is -0.102. The van der Waals surface area contributed by atoms with E-state index in [4.69, 9.17) is 4.74 Å². The van der Waals surface area contributed by atoms with E-state index in [0.717, 1.165) is 41.4 Å². The monoisotopic (exact) mass is 342 g/mol. The number of para-hydroxylation sites is 1. The van der Waals surface area contributed by atoms with Gasteiger partial charge < -0.3 is 15.4 Å². The molecule has 2 aromatic carbocycles. The van der Waals surface area contributed by atoms with Gasteiger partial charge in [0.15, 0.2) is 0 Å². The number of piperidine rings is 1. The largest absolute Gasteiger partial charge is 0.368 e.